The van der Waals surface area contributed by atoms with Crippen molar-refractivity contribution in [2.75, 3.05) is 0 Å². The lowest BCUT2D eigenvalue weighted by atomic mass is 10.0. The van der Waals surface area contributed by atoms with Crippen molar-refractivity contribution in [1.29, 1.82) is 0 Å². The predicted octanol–water partition coefficient (Wildman–Crippen LogP) is 12.7. The van der Waals surface area contributed by atoms with Crippen molar-refractivity contribution in [3.63, 3.8) is 0 Å². The summed E-state index contributed by atoms with van der Waals surface area (Å²) in [6.45, 7) is 0. The standard InChI is InChI=1S/C49H30N4O/c1-3-14-31(15-4-1)41-30-42(52-49(51-41)34-18-13-19-35(28-34)53-43-24-11-8-20-36(43)37-21-9-12-25-44(37)53)33-26-27-45-39(29-33)46-38-22-7-10-23-40(38)50-47(48(46)54-45)32-16-5-2-6-17-32/h1-30H. The summed E-state index contributed by atoms with van der Waals surface area (Å²) in [5.74, 6) is 0.659. The SMILES string of the molecule is c1ccc(-c2cc(-c3ccc4oc5c(-c6ccccc6)nc6ccccc6c5c4c3)nc(-c3cccc(-n4c5ccccc5c5ccccc54)c3)n2)cc1. The largest absolute Gasteiger partial charge is 0.454 e. The molecular weight excluding hydrogens is 661 g/mol. The minimum Gasteiger partial charge on any atom is -0.454 e. The lowest BCUT2D eigenvalue weighted by Gasteiger charge is -2.12. The van der Waals surface area contributed by atoms with E-state index in [1.165, 1.54) is 10.8 Å². The van der Waals surface area contributed by atoms with Gasteiger partial charge in [-0.2, -0.15) is 0 Å². The van der Waals surface area contributed by atoms with E-state index >= 15 is 0 Å². The van der Waals surface area contributed by atoms with Crippen molar-refractivity contribution >= 4 is 54.6 Å². The molecule has 0 fully saturated rings. The molecule has 4 aromatic heterocycles. The highest BCUT2D eigenvalue weighted by molar-refractivity contribution is 6.21. The first-order valence-electron chi connectivity index (χ1n) is 18.1. The molecule has 0 radical (unpaired) electrons. The van der Waals surface area contributed by atoms with Gasteiger partial charge in [-0.1, -0.05) is 127 Å². The predicted molar refractivity (Wildman–Crippen MR) is 221 cm³/mol. The summed E-state index contributed by atoms with van der Waals surface area (Å²) in [6, 6.07) is 63.0. The third-order valence-corrected chi connectivity index (χ3v) is 10.4. The number of pyridine rings is 1. The lowest BCUT2D eigenvalue weighted by molar-refractivity contribution is 0.669. The number of fused-ring (bicyclic) bond motifs is 8. The van der Waals surface area contributed by atoms with E-state index < -0.39 is 0 Å². The fraction of sp³-hybridized carbons (Fsp3) is 0. The number of hydrogen-bond donors (Lipinski definition) is 0. The minimum atomic E-state index is 0.659. The van der Waals surface area contributed by atoms with Crippen molar-refractivity contribution in [2.24, 2.45) is 0 Å². The van der Waals surface area contributed by atoms with Crippen LogP contribution in [0.4, 0.5) is 0 Å². The topological polar surface area (TPSA) is 56.7 Å². The van der Waals surface area contributed by atoms with Gasteiger partial charge in [0.1, 0.15) is 11.3 Å². The summed E-state index contributed by atoms with van der Waals surface area (Å²) < 4.78 is 8.97. The van der Waals surface area contributed by atoms with Gasteiger partial charge in [-0.05, 0) is 54.6 Å². The van der Waals surface area contributed by atoms with Gasteiger partial charge in [0.25, 0.3) is 0 Å². The zero-order valence-corrected chi connectivity index (χ0v) is 29.0. The highest BCUT2D eigenvalue weighted by Crippen LogP contribution is 2.41. The summed E-state index contributed by atoms with van der Waals surface area (Å²) >= 11 is 0. The van der Waals surface area contributed by atoms with Crippen molar-refractivity contribution in [2.45, 2.75) is 0 Å². The summed E-state index contributed by atoms with van der Waals surface area (Å²) in [6.07, 6.45) is 0. The Kier molecular flexibility index (Phi) is 6.79. The zero-order valence-electron chi connectivity index (χ0n) is 29.0. The molecule has 5 heteroatoms. The second-order valence-electron chi connectivity index (χ2n) is 13.6. The van der Waals surface area contributed by atoms with E-state index in [1.54, 1.807) is 0 Å². The number of rotatable bonds is 5. The number of hydrogen-bond acceptors (Lipinski definition) is 4. The van der Waals surface area contributed by atoms with E-state index in [-0.39, 0.29) is 0 Å². The molecule has 11 aromatic rings. The van der Waals surface area contributed by atoms with E-state index in [1.807, 2.05) is 42.5 Å². The average Bonchev–Trinajstić information content (AvgIpc) is 3.80. The molecule has 0 N–H and O–H groups in total. The Bertz CT molecular complexity index is 3160. The fourth-order valence-electron chi connectivity index (χ4n) is 7.90. The van der Waals surface area contributed by atoms with E-state index in [4.69, 9.17) is 19.4 Å². The number of aromatic nitrogens is 4. The fourth-order valence-corrected chi connectivity index (χ4v) is 7.90. The van der Waals surface area contributed by atoms with Crippen LogP contribution in [0.2, 0.25) is 0 Å². The Morgan fingerprint density at radius 1 is 0.407 bits per heavy atom. The molecule has 0 aliphatic carbocycles. The average molecular weight is 691 g/mol. The van der Waals surface area contributed by atoms with Crippen molar-refractivity contribution < 1.29 is 4.42 Å². The summed E-state index contributed by atoms with van der Waals surface area (Å²) in [4.78, 5) is 15.6. The molecule has 0 amide bonds. The van der Waals surface area contributed by atoms with Gasteiger partial charge < -0.3 is 8.98 Å². The number of nitrogens with zero attached hydrogens (tertiary/aromatic N) is 4. The first-order chi connectivity index (χ1) is 26.8. The van der Waals surface area contributed by atoms with Crippen molar-refractivity contribution in [3.8, 4) is 50.8 Å². The van der Waals surface area contributed by atoms with Gasteiger partial charge in [-0.3, -0.25) is 0 Å². The van der Waals surface area contributed by atoms with Crippen LogP contribution in [0, 0.1) is 0 Å². The lowest BCUT2D eigenvalue weighted by Crippen LogP contribution is -1.98. The number of benzene rings is 7. The molecule has 0 saturated heterocycles. The van der Waals surface area contributed by atoms with Crippen LogP contribution < -0.4 is 0 Å². The van der Waals surface area contributed by atoms with E-state index in [0.29, 0.717) is 5.82 Å². The van der Waals surface area contributed by atoms with Crippen LogP contribution in [-0.2, 0) is 0 Å². The summed E-state index contributed by atoms with van der Waals surface area (Å²) in [7, 11) is 0. The molecule has 0 bridgehead atoms. The zero-order chi connectivity index (χ0) is 35.6. The smallest absolute Gasteiger partial charge is 0.162 e. The Labute approximate surface area is 310 Å². The van der Waals surface area contributed by atoms with E-state index in [0.717, 1.165) is 88.9 Å². The van der Waals surface area contributed by atoms with E-state index in [9.17, 15) is 0 Å². The maximum atomic E-state index is 6.64. The second kappa shape index (κ2) is 12.1. The van der Waals surface area contributed by atoms with Gasteiger partial charge in [0.05, 0.1) is 27.9 Å². The van der Waals surface area contributed by atoms with Gasteiger partial charge in [0, 0.05) is 54.9 Å². The third kappa shape index (κ3) is 4.83. The normalized spacial score (nSPS) is 11.7. The number of para-hydroxylation sites is 3. The minimum absolute atomic E-state index is 0.659. The van der Waals surface area contributed by atoms with Gasteiger partial charge in [0.15, 0.2) is 11.4 Å². The monoisotopic (exact) mass is 690 g/mol. The first-order valence-corrected chi connectivity index (χ1v) is 18.1. The van der Waals surface area contributed by atoms with Crippen LogP contribution in [0.3, 0.4) is 0 Å². The number of furan rings is 1. The molecule has 54 heavy (non-hydrogen) atoms. The third-order valence-electron chi connectivity index (χ3n) is 10.4. The van der Waals surface area contributed by atoms with Gasteiger partial charge in [-0.15, -0.1) is 0 Å². The molecule has 0 saturated carbocycles. The molecule has 0 spiro atoms. The molecule has 0 atom stereocenters. The van der Waals surface area contributed by atoms with Gasteiger partial charge >= 0.3 is 0 Å². The van der Waals surface area contributed by atoms with Gasteiger partial charge in [0.2, 0.25) is 0 Å². The molecule has 5 nitrogen and oxygen atoms in total. The second-order valence-corrected chi connectivity index (χ2v) is 13.6. The molecule has 4 heterocycles. The van der Waals surface area contributed by atoms with Crippen LogP contribution in [0.15, 0.2) is 186 Å². The molecular formula is C49H30N4O. The summed E-state index contributed by atoms with van der Waals surface area (Å²) in [5.41, 5.74) is 12.4. The van der Waals surface area contributed by atoms with Crippen molar-refractivity contribution in [1.82, 2.24) is 19.5 Å². The highest BCUT2D eigenvalue weighted by Gasteiger charge is 2.20. The Balaban J connectivity index is 1.12. The Morgan fingerprint density at radius 2 is 1.02 bits per heavy atom. The molecule has 0 aliphatic heterocycles. The van der Waals surface area contributed by atoms with Crippen LogP contribution >= 0.6 is 0 Å². The van der Waals surface area contributed by atoms with Crippen LogP contribution in [-0.4, -0.2) is 19.5 Å². The Morgan fingerprint density at radius 3 is 1.76 bits per heavy atom. The molecule has 0 aliphatic rings. The summed E-state index contributed by atoms with van der Waals surface area (Å²) in [5, 5.41) is 5.58. The quantitative estimate of drug-likeness (QED) is 0.180. The van der Waals surface area contributed by atoms with Crippen molar-refractivity contribution in [3.05, 3.63) is 182 Å². The van der Waals surface area contributed by atoms with Crippen LogP contribution in [0.5, 0.6) is 0 Å². The van der Waals surface area contributed by atoms with Gasteiger partial charge in [-0.25, -0.2) is 15.0 Å². The molecule has 252 valence electrons. The highest BCUT2D eigenvalue weighted by atomic mass is 16.3. The van der Waals surface area contributed by atoms with E-state index in [2.05, 4.69) is 144 Å². The maximum absolute atomic E-state index is 6.64. The maximum Gasteiger partial charge on any atom is 0.162 e. The Hall–Kier alpha value is -7.37. The van der Waals surface area contributed by atoms with Crippen LogP contribution in [0.1, 0.15) is 0 Å². The molecule has 7 aromatic carbocycles. The first kappa shape index (κ1) is 30.3. The van der Waals surface area contributed by atoms with Crippen LogP contribution in [0.25, 0.3) is 105 Å². The molecule has 11 rings (SSSR count). The molecule has 0 unspecified atom stereocenters.